The van der Waals surface area contributed by atoms with Crippen molar-refractivity contribution in [1.82, 2.24) is 4.90 Å². The predicted molar refractivity (Wildman–Crippen MR) is 51.7 cm³/mol. The molecule has 0 aliphatic heterocycles. The average Bonchev–Trinajstić information content (AvgIpc) is 2.00. The van der Waals surface area contributed by atoms with Gasteiger partial charge in [-0.15, -0.1) is 6.58 Å². The highest BCUT2D eigenvalue weighted by Gasteiger charge is 2.15. The van der Waals surface area contributed by atoms with Crippen LogP contribution in [0.5, 0.6) is 0 Å². The zero-order valence-electron chi connectivity index (χ0n) is 8.46. The van der Waals surface area contributed by atoms with Crippen LogP contribution < -0.4 is 0 Å². The first kappa shape index (κ1) is 10.7. The Labute approximate surface area is 71.1 Å². The Morgan fingerprint density at radius 3 is 1.91 bits per heavy atom. The maximum absolute atomic E-state index is 3.78. The molecule has 0 aromatic rings. The molecule has 1 nitrogen and oxygen atoms in total. The van der Waals surface area contributed by atoms with Crippen molar-refractivity contribution < 1.29 is 0 Å². The normalized spacial score (nSPS) is 17.0. The standard InChI is InChI=1S/C10H21N/c1-7-9(4)11(6)10(5)8(2)3/h7-10H,1H2,2-6H3. The van der Waals surface area contributed by atoms with E-state index >= 15 is 0 Å². The van der Waals surface area contributed by atoms with Crippen molar-refractivity contribution in [2.75, 3.05) is 7.05 Å². The Morgan fingerprint density at radius 1 is 1.18 bits per heavy atom. The van der Waals surface area contributed by atoms with E-state index in [1.54, 1.807) is 0 Å². The molecular formula is C10H21N. The molecule has 2 unspecified atom stereocenters. The van der Waals surface area contributed by atoms with Crippen LogP contribution in [-0.4, -0.2) is 24.0 Å². The van der Waals surface area contributed by atoms with Gasteiger partial charge in [0.2, 0.25) is 0 Å². The fourth-order valence-electron chi connectivity index (χ4n) is 1.01. The van der Waals surface area contributed by atoms with Crippen molar-refractivity contribution >= 4 is 0 Å². The second kappa shape index (κ2) is 4.55. The predicted octanol–water partition coefficient (Wildman–Crippen LogP) is 2.54. The van der Waals surface area contributed by atoms with Crippen LogP contribution in [0.15, 0.2) is 12.7 Å². The van der Waals surface area contributed by atoms with E-state index < -0.39 is 0 Å². The highest BCUT2D eigenvalue weighted by Crippen LogP contribution is 2.11. The molecule has 0 aromatic carbocycles. The zero-order valence-corrected chi connectivity index (χ0v) is 8.46. The van der Waals surface area contributed by atoms with Crippen LogP contribution in [0.1, 0.15) is 27.7 Å². The summed E-state index contributed by atoms with van der Waals surface area (Å²) in [5.74, 6) is 0.711. The minimum atomic E-state index is 0.479. The minimum Gasteiger partial charge on any atom is -0.297 e. The summed E-state index contributed by atoms with van der Waals surface area (Å²) in [7, 11) is 2.15. The third kappa shape index (κ3) is 3.06. The molecule has 2 atom stereocenters. The van der Waals surface area contributed by atoms with E-state index in [1.165, 1.54) is 0 Å². The fourth-order valence-corrected chi connectivity index (χ4v) is 1.01. The lowest BCUT2D eigenvalue weighted by Crippen LogP contribution is -2.38. The third-order valence-electron chi connectivity index (χ3n) is 2.59. The third-order valence-corrected chi connectivity index (χ3v) is 2.59. The van der Waals surface area contributed by atoms with Gasteiger partial charge in [-0.2, -0.15) is 0 Å². The van der Waals surface area contributed by atoms with E-state index in [0.717, 1.165) is 0 Å². The Kier molecular flexibility index (Phi) is 4.43. The molecule has 0 amide bonds. The zero-order chi connectivity index (χ0) is 9.02. The Bertz CT molecular complexity index is 118. The van der Waals surface area contributed by atoms with E-state index in [0.29, 0.717) is 18.0 Å². The van der Waals surface area contributed by atoms with Gasteiger partial charge in [0.1, 0.15) is 0 Å². The molecule has 0 rings (SSSR count). The van der Waals surface area contributed by atoms with Crippen LogP contribution in [0, 0.1) is 5.92 Å². The van der Waals surface area contributed by atoms with Gasteiger partial charge in [0.25, 0.3) is 0 Å². The van der Waals surface area contributed by atoms with Gasteiger partial charge in [0.15, 0.2) is 0 Å². The van der Waals surface area contributed by atoms with E-state index in [4.69, 9.17) is 0 Å². The van der Waals surface area contributed by atoms with Gasteiger partial charge >= 0.3 is 0 Å². The molecule has 66 valence electrons. The van der Waals surface area contributed by atoms with Crippen molar-refractivity contribution in [2.45, 2.75) is 39.8 Å². The van der Waals surface area contributed by atoms with Gasteiger partial charge in [0, 0.05) is 12.1 Å². The monoisotopic (exact) mass is 155 g/mol. The number of nitrogens with zero attached hydrogens (tertiary/aromatic N) is 1. The van der Waals surface area contributed by atoms with Crippen LogP contribution in [0.25, 0.3) is 0 Å². The van der Waals surface area contributed by atoms with Gasteiger partial charge in [-0.05, 0) is 26.8 Å². The minimum absolute atomic E-state index is 0.479. The molecule has 0 bridgehead atoms. The first-order chi connectivity index (χ1) is 5.00. The van der Waals surface area contributed by atoms with Crippen LogP contribution in [0.2, 0.25) is 0 Å². The van der Waals surface area contributed by atoms with E-state index in [1.807, 2.05) is 6.08 Å². The Balaban J connectivity index is 4.00. The fraction of sp³-hybridized carbons (Fsp3) is 0.800. The molecule has 11 heavy (non-hydrogen) atoms. The first-order valence-electron chi connectivity index (χ1n) is 4.35. The molecule has 0 fully saturated rings. The summed E-state index contributed by atoms with van der Waals surface area (Å²) in [6.45, 7) is 12.7. The maximum Gasteiger partial charge on any atom is 0.0247 e. The van der Waals surface area contributed by atoms with E-state index in [-0.39, 0.29) is 0 Å². The molecule has 0 aliphatic rings. The first-order valence-corrected chi connectivity index (χ1v) is 4.35. The van der Waals surface area contributed by atoms with Gasteiger partial charge in [-0.1, -0.05) is 19.9 Å². The molecule has 0 N–H and O–H groups in total. The molecule has 0 aliphatic carbocycles. The van der Waals surface area contributed by atoms with Crippen LogP contribution in [0.4, 0.5) is 0 Å². The van der Waals surface area contributed by atoms with Crippen LogP contribution in [-0.2, 0) is 0 Å². The van der Waals surface area contributed by atoms with Gasteiger partial charge in [-0.3, -0.25) is 4.90 Å². The van der Waals surface area contributed by atoms with Crippen LogP contribution in [0.3, 0.4) is 0 Å². The van der Waals surface area contributed by atoms with Crippen molar-refractivity contribution in [3.05, 3.63) is 12.7 Å². The number of hydrogen-bond donors (Lipinski definition) is 0. The summed E-state index contributed by atoms with van der Waals surface area (Å²) in [5.41, 5.74) is 0. The molecule has 0 saturated heterocycles. The topological polar surface area (TPSA) is 3.24 Å². The van der Waals surface area contributed by atoms with Crippen molar-refractivity contribution in [1.29, 1.82) is 0 Å². The van der Waals surface area contributed by atoms with E-state index in [9.17, 15) is 0 Å². The lowest BCUT2D eigenvalue weighted by atomic mass is 10.0. The lowest BCUT2D eigenvalue weighted by molar-refractivity contribution is 0.183. The summed E-state index contributed by atoms with van der Waals surface area (Å²) in [6, 6.07) is 1.11. The molecule has 0 radical (unpaired) electrons. The van der Waals surface area contributed by atoms with Crippen molar-refractivity contribution in [3.63, 3.8) is 0 Å². The molecule has 0 saturated carbocycles. The summed E-state index contributed by atoms with van der Waals surface area (Å²) in [5, 5.41) is 0. The number of likely N-dealkylation sites (N-methyl/N-ethyl adjacent to an activating group) is 1. The second-order valence-corrected chi connectivity index (χ2v) is 3.63. The second-order valence-electron chi connectivity index (χ2n) is 3.63. The highest BCUT2D eigenvalue weighted by atomic mass is 15.1. The van der Waals surface area contributed by atoms with E-state index in [2.05, 4.69) is 46.2 Å². The van der Waals surface area contributed by atoms with Crippen molar-refractivity contribution in [2.24, 2.45) is 5.92 Å². The maximum atomic E-state index is 3.78. The van der Waals surface area contributed by atoms with Crippen LogP contribution >= 0.6 is 0 Å². The summed E-state index contributed by atoms with van der Waals surface area (Å²) in [4.78, 5) is 2.34. The molecule has 1 heteroatoms. The molecule has 0 aromatic heterocycles. The summed E-state index contributed by atoms with van der Waals surface area (Å²) < 4.78 is 0. The van der Waals surface area contributed by atoms with Crippen molar-refractivity contribution in [3.8, 4) is 0 Å². The average molecular weight is 155 g/mol. The number of hydrogen-bond acceptors (Lipinski definition) is 1. The highest BCUT2D eigenvalue weighted by molar-refractivity contribution is 4.85. The molecular weight excluding hydrogens is 134 g/mol. The molecule has 0 spiro atoms. The van der Waals surface area contributed by atoms with Gasteiger partial charge < -0.3 is 0 Å². The smallest absolute Gasteiger partial charge is 0.0247 e. The van der Waals surface area contributed by atoms with Gasteiger partial charge in [0.05, 0.1) is 0 Å². The summed E-state index contributed by atoms with van der Waals surface area (Å²) in [6.07, 6.45) is 1.98. The summed E-state index contributed by atoms with van der Waals surface area (Å²) >= 11 is 0. The largest absolute Gasteiger partial charge is 0.297 e. The van der Waals surface area contributed by atoms with Gasteiger partial charge in [-0.25, -0.2) is 0 Å². The quantitative estimate of drug-likeness (QED) is 0.564. The molecule has 0 heterocycles. The number of rotatable bonds is 4. The SMILES string of the molecule is C=CC(C)N(C)C(C)C(C)C. The Morgan fingerprint density at radius 2 is 1.64 bits per heavy atom. The lowest BCUT2D eigenvalue weighted by Gasteiger charge is -2.31. The Hall–Kier alpha value is -0.300.